The van der Waals surface area contributed by atoms with Gasteiger partial charge < -0.3 is 10.7 Å². The molecule has 0 atom stereocenters. The lowest BCUT2D eigenvalue weighted by molar-refractivity contribution is 0.580. The highest BCUT2D eigenvalue weighted by Crippen LogP contribution is 2.15. The van der Waals surface area contributed by atoms with Crippen LogP contribution in [0.2, 0.25) is 0 Å². The van der Waals surface area contributed by atoms with E-state index in [0.29, 0.717) is 5.82 Å². The summed E-state index contributed by atoms with van der Waals surface area (Å²) in [6.45, 7) is 0.0731. The van der Waals surface area contributed by atoms with Crippen LogP contribution in [0.25, 0.3) is 0 Å². The summed E-state index contributed by atoms with van der Waals surface area (Å²) in [4.78, 5) is 6.66. The Hall–Kier alpha value is -1.87. The molecule has 0 bridgehead atoms. The first-order chi connectivity index (χ1) is 7.99. The Morgan fingerprint density at radius 3 is 2.88 bits per heavy atom. The predicted molar refractivity (Wildman–Crippen MR) is 60.2 cm³/mol. The molecule has 0 aliphatic heterocycles. The maximum absolute atomic E-state index is 11.9. The van der Waals surface area contributed by atoms with Gasteiger partial charge in [0.2, 0.25) is 10.0 Å². The third-order valence-electron chi connectivity index (χ3n) is 2.10. The predicted octanol–water partition coefficient (Wildman–Crippen LogP) is -0.796. The van der Waals surface area contributed by atoms with Crippen LogP contribution in [0.1, 0.15) is 5.82 Å². The van der Waals surface area contributed by atoms with E-state index in [9.17, 15) is 8.42 Å². The van der Waals surface area contributed by atoms with Crippen molar-refractivity contribution in [2.24, 2.45) is 7.05 Å². The van der Waals surface area contributed by atoms with E-state index in [1.54, 1.807) is 19.4 Å². The number of nitrogens with one attached hydrogen (secondary N) is 2. The van der Waals surface area contributed by atoms with Gasteiger partial charge in [0, 0.05) is 25.6 Å². The molecule has 0 saturated carbocycles. The van der Waals surface area contributed by atoms with E-state index in [4.69, 9.17) is 5.73 Å². The first-order valence-corrected chi connectivity index (χ1v) is 6.24. The van der Waals surface area contributed by atoms with Crippen molar-refractivity contribution in [1.29, 1.82) is 0 Å². The molecule has 0 aromatic carbocycles. The highest BCUT2D eigenvalue weighted by atomic mass is 32.2. The average Bonchev–Trinajstić information content (AvgIpc) is 2.85. The number of nitrogens with zero attached hydrogens (tertiary/aromatic N) is 3. The molecule has 0 spiro atoms. The Morgan fingerprint density at radius 1 is 1.59 bits per heavy atom. The highest BCUT2D eigenvalue weighted by Gasteiger charge is 2.20. The number of anilines is 1. The number of aryl methyl sites for hydroxylation is 1. The van der Waals surface area contributed by atoms with Crippen molar-refractivity contribution in [3.63, 3.8) is 0 Å². The van der Waals surface area contributed by atoms with Gasteiger partial charge in [0.1, 0.15) is 10.7 Å². The Labute approximate surface area is 97.9 Å². The molecule has 9 heteroatoms. The van der Waals surface area contributed by atoms with Crippen LogP contribution >= 0.6 is 0 Å². The summed E-state index contributed by atoms with van der Waals surface area (Å²) in [6.07, 6.45) is 4.50. The van der Waals surface area contributed by atoms with Gasteiger partial charge in [0.15, 0.2) is 5.82 Å². The molecule has 2 rings (SSSR count). The Balaban J connectivity index is 2.17. The minimum absolute atomic E-state index is 0.0283. The molecular formula is C8H12N6O2S. The smallest absolute Gasteiger partial charge is 0.246 e. The Morgan fingerprint density at radius 2 is 2.35 bits per heavy atom. The minimum atomic E-state index is -3.66. The third-order valence-corrected chi connectivity index (χ3v) is 3.51. The molecule has 17 heavy (non-hydrogen) atoms. The molecule has 2 aromatic heterocycles. The van der Waals surface area contributed by atoms with Gasteiger partial charge in [-0.15, -0.1) is 0 Å². The topological polar surface area (TPSA) is 119 Å². The number of nitrogen functional groups attached to an aromatic ring is 1. The first-order valence-electron chi connectivity index (χ1n) is 4.76. The first kappa shape index (κ1) is 11.6. The van der Waals surface area contributed by atoms with E-state index >= 15 is 0 Å². The van der Waals surface area contributed by atoms with Crippen LogP contribution in [0.4, 0.5) is 5.82 Å². The zero-order valence-corrected chi connectivity index (χ0v) is 9.90. The number of imidazole rings is 1. The summed E-state index contributed by atoms with van der Waals surface area (Å²) in [5.41, 5.74) is 5.50. The largest absolute Gasteiger partial charge is 0.381 e. The zero-order chi connectivity index (χ0) is 12.5. The maximum Gasteiger partial charge on any atom is 0.246 e. The van der Waals surface area contributed by atoms with E-state index in [2.05, 4.69) is 19.8 Å². The molecule has 92 valence electrons. The average molecular weight is 256 g/mol. The van der Waals surface area contributed by atoms with Gasteiger partial charge in [-0.3, -0.25) is 4.68 Å². The Kier molecular flexibility index (Phi) is 2.86. The quantitative estimate of drug-likeness (QED) is 0.662. The highest BCUT2D eigenvalue weighted by molar-refractivity contribution is 7.89. The number of hydrogen-bond donors (Lipinski definition) is 3. The lowest BCUT2D eigenvalue weighted by Gasteiger charge is -2.03. The van der Waals surface area contributed by atoms with Crippen molar-refractivity contribution in [2.75, 3.05) is 5.73 Å². The van der Waals surface area contributed by atoms with Crippen molar-refractivity contribution in [3.05, 3.63) is 24.4 Å². The monoisotopic (exact) mass is 256 g/mol. The van der Waals surface area contributed by atoms with Crippen LogP contribution in [-0.2, 0) is 23.6 Å². The number of rotatable bonds is 4. The summed E-state index contributed by atoms with van der Waals surface area (Å²) in [6, 6.07) is 0. The second-order valence-corrected chi connectivity index (χ2v) is 5.15. The molecule has 0 saturated heterocycles. The SMILES string of the molecule is Cn1cc(S(=O)(=O)NCc2ncc[nH]2)c(N)n1. The molecular weight excluding hydrogens is 244 g/mol. The van der Waals surface area contributed by atoms with Crippen LogP contribution in [0.5, 0.6) is 0 Å². The fourth-order valence-electron chi connectivity index (χ4n) is 1.33. The maximum atomic E-state index is 11.9. The minimum Gasteiger partial charge on any atom is -0.381 e. The molecule has 0 aliphatic carbocycles. The van der Waals surface area contributed by atoms with Crippen molar-refractivity contribution in [2.45, 2.75) is 11.4 Å². The van der Waals surface area contributed by atoms with Crippen LogP contribution < -0.4 is 10.5 Å². The van der Waals surface area contributed by atoms with Gasteiger partial charge in [-0.05, 0) is 0 Å². The summed E-state index contributed by atoms with van der Waals surface area (Å²) in [5.74, 6) is 0.496. The zero-order valence-electron chi connectivity index (χ0n) is 9.08. The van der Waals surface area contributed by atoms with Crippen molar-refractivity contribution in [3.8, 4) is 0 Å². The van der Waals surface area contributed by atoms with Crippen LogP contribution in [0.3, 0.4) is 0 Å². The van der Waals surface area contributed by atoms with E-state index in [1.807, 2.05) is 0 Å². The van der Waals surface area contributed by atoms with Crippen LogP contribution in [-0.4, -0.2) is 28.2 Å². The number of aromatic nitrogens is 4. The summed E-state index contributed by atoms with van der Waals surface area (Å²) in [7, 11) is -2.07. The van der Waals surface area contributed by atoms with Gasteiger partial charge >= 0.3 is 0 Å². The number of hydrogen-bond acceptors (Lipinski definition) is 5. The van der Waals surface area contributed by atoms with Crippen LogP contribution in [0.15, 0.2) is 23.5 Å². The summed E-state index contributed by atoms with van der Waals surface area (Å²) < 4.78 is 27.5. The van der Waals surface area contributed by atoms with Gasteiger partial charge in [-0.1, -0.05) is 0 Å². The van der Waals surface area contributed by atoms with E-state index in [0.717, 1.165) is 0 Å². The molecule has 2 heterocycles. The molecule has 0 fully saturated rings. The fraction of sp³-hybridized carbons (Fsp3) is 0.250. The second-order valence-electron chi connectivity index (χ2n) is 3.41. The van der Waals surface area contributed by atoms with Gasteiger partial charge in [-0.2, -0.15) is 5.10 Å². The summed E-state index contributed by atoms with van der Waals surface area (Å²) in [5, 5.41) is 3.77. The van der Waals surface area contributed by atoms with Gasteiger partial charge in [-0.25, -0.2) is 18.1 Å². The third kappa shape index (κ3) is 2.45. The summed E-state index contributed by atoms with van der Waals surface area (Å²) >= 11 is 0. The van der Waals surface area contributed by atoms with E-state index in [1.165, 1.54) is 10.9 Å². The number of aromatic amines is 1. The Bertz CT molecular complexity index is 600. The van der Waals surface area contributed by atoms with Crippen molar-refractivity contribution < 1.29 is 8.42 Å². The number of nitrogens with two attached hydrogens (primary N) is 1. The molecule has 0 aliphatic rings. The van der Waals surface area contributed by atoms with Crippen molar-refractivity contribution in [1.82, 2.24) is 24.5 Å². The molecule has 0 unspecified atom stereocenters. The molecule has 0 radical (unpaired) electrons. The fourth-order valence-corrected chi connectivity index (χ4v) is 2.42. The second kappa shape index (κ2) is 4.18. The van der Waals surface area contributed by atoms with Crippen molar-refractivity contribution >= 4 is 15.8 Å². The van der Waals surface area contributed by atoms with Crippen LogP contribution in [0, 0.1) is 0 Å². The molecule has 4 N–H and O–H groups in total. The standard InChI is InChI=1S/C8H12N6O2S/c1-14-5-6(8(9)13-14)17(15,16)12-4-7-10-2-3-11-7/h2-3,5,12H,4H2,1H3,(H2,9,13)(H,10,11). The normalized spacial score (nSPS) is 11.8. The molecule has 0 amide bonds. The molecule has 2 aromatic rings. The molecule has 8 nitrogen and oxygen atoms in total. The van der Waals surface area contributed by atoms with E-state index in [-0.39, 0.29) is 17.3 Å². The number of sulfonamides is 1. The number of H-pyrrole nitrogens is 1. The lowest BCUT2D eigenvalue weighted by Crippen LogP contribution is -2.24. The van der Waals surface area contributed by atoms with Gasteiger partial charge in [0.05, 0.1) is 6.54 Å². The van der Waals surface area contributed by atoms with E-state index < -0.39 is 10.0 Å². The lowest BCUT2D eigenvalue weighted by atomic mass is 10.6. The van der Waals surface area contributed by atoms with Gasteiger partial charge in [0.25, 0.3) is 0 Å².